The van der Waals surface area contributed by atoms with Crippen LogP contribution in [0, 0.1) is 0 Å². The Bertz CT molecular complexity index is 1210. The zero-order valence-electron chi connectivity index (χ0n) is 15.1. The van der Waals surface area contributed by atoms with Gasteiger partial charge < -0.3 is 10.4 Å². The molecule has 0 bridgehead atoms. The maximum Gasteiger partial charge on any atom is 0.273 e. The van der Waals surface area contributed by atoms with Crippen molar-refractivity contribution >= 4 is 29.3 Å². The van der Waals surface area contributed by atoms with Crippen molar-refractivity contribution in [3.8, 4) is 5.75 Å². The summed E-state index contributed by atoms with van der Waals surface area (Å²) >= 11 is 8.22. The van der Waals surface area contributed by atoms with Gasteiger partial charge in [-0.3, -0.25) is 14.3 Å². The van der Waals surface area contributed by atoms with Crippen molar-refractivity contribution in [3.05, 3.63) is 86.3 Å². The van der Waals surface area contributed by atoms with Gasteiger partial charge in [0.15, 0.2) is 11.4 Å². The predicted molar refractivity (Wildman–Crippen MR) is 111 cm³/mol. The number of fused-ring (bicyclic) bond motifs is 3. The maximum absolute atomic E-state index is 12.4. The van der Waals surface area contributed by atoms with E-state index in [2.05, 4.69) is 22.5 Å². The highest BCUT2D eigenvalue weighted by Crippen LogP contribution is 2.48. The van der Waals surface area contributed by atoms with Gasteiger partial charge in [0.05, 0.1) is 17.3 Å². The van der Waals surface area contributed by atoms with Gasteiger partial charge in [-0.05, 0) is 22.8 Å². The summed E-state index contributed by atoms with van der Waals surface area (Å²) < 4.78 is 1.48. The molecule has 0 saturated carbocycles. The van der Waals surface area contributed by atoms with Gasteiger partial charge in [-0.2, -0.15) is 5.10 Å². The van der Waals surface area contributed by atoms with Crippen molar-refractivity contribution < 1.29 is 9.90 Å². The predicted octanol–water partition coefficient (Wildman–Crippen LogP) is 3.32. The normalized spacial score (nSPS) is 20.1. The number of halogens is 1. The molecule has 146 valence electrons. The molecule has 0 saturated heterocycles. The van der Waals surface area contributed by atoms with Crippen molar-refractivity contribution in [2.45, 2.75) is 22.6 Å². The summed E-state index contributed by atoms with van der Waals surface area (Å²) in [6.07, 6.45) is 1.06. The topological polar surface area (TPSA) is 84.2 Å². The van der Waals surface area contributed by atoms with E-state index in [0.29, 0.717) is 11.6 Å². The molecule has 29 heavy (non-hydrogen) atoms. The number of carbonyl (C=O) groups excluding carboxylic acids is 1. The van der Waals surface area contributed by atoms with Crippen molar-refractivity contribution in [3.63, 3.8) is 0 Å². The SMILES string of the molecule is O=C1NCC(C2c3ccccc3CSc3c(Cl)cccc32)n2ncc(=O)c(O)c21. The number of amides is 1. The Labute approximate surface area is 175 Å². The van der Waals surface area contributed by atoms with Gasteiger partial charge in [0, 0.05) is 23.1 Å². The summed E-state index contributed by atoms with van der Waals surface area (Å²) in [5.74, 6) is -0.474. The zero-order valence-corrected chi connectivity index (χ0v) is 16.7. The summed E-state index contributed by atoms with van der Waals surface area (Å²) in [6, 6.07) is 13.7. The number of hydrogen-bond donors (Lipinski definition) is 2. The van der Waals surface area contributed by atoms with Crippen LogP contribution in [0.2, 0.25) is 5.02 Å². The minimum atomic E-state index is -0.674. The monoisotopic (exact) mass is 425 g/mol. The Balaban J connectivity index is 1.78. The van der Waals surface area contributed by atoms with Crippen molar-refractivity contribution in [2.24, 2.45) is 0 Å². The van der Waals surface area contributed by atoms with Crippen LogP contribution in [0.25, 0.3) is 0 Å². The largest absolute Gasteiger partial charge is 0.502 e. The minimum Gasteiger partial charge on any atom is -0.502 e. The number of benzene rings is 2. The summed E-state index contributed by atoms with van der Waals surface area (Å²) in [4.78, 5) is 25.3. The fourth-order valence-corrected chi connectivity index (χ4v) is 5.65. The van der Waals surface area contributed by atoms with Crippen LogP contribution in [0.15, 0.2) is 58.4 Å². The number of carbonyl (C=O) groups is 1. The first-order valence-electron chi connectivity index (χ1n) is 9.14. The molecule has 5 rings (SSSR count). The maximum atomic E-state index is 12.4. The van der Waals surface area contributed by atoms with Gasteiger partial charge in [-0.15, -0.1) is 11.8 Å². The van der Waals surface area contributed by atoms with Gasteiger partial charge in [-0.1, -0.05) is 48.0 Å². The van der Waals surface area contributed by atoms with Crippen LogP contribution < -0.4 is 10.7 Å². The highest BCUT2D eigenvalue weighted by molar-refractivity contribution is 7.98. The van der Waals surface area contributed by atoms with Gasteiger partial charge in [0.1, 0.15) is 0 Å². The lowest BCUT2D eigenvalue weighted by atomic mass is 9.82. The Morgan fingerprint density at radius 2 is 1.93 bits per heavy atom. The van der Waals surface area contributed by atoms with Crippen LogP contribution in [0.1, 0.15) is 39.1 Å². The quantitative estimate of drug-likeness (QED) is 0.624. The highest BCUT2D eigenvalue weighted by Gasteiger charge is 2.38. The highest BCUT2D eigenvalue weighted by atomic mass is 35.5. The molecular formula is C21H16ClN3O3S. The van der Waals surface area contributed by atoms with Crippen molar-refractivity contribution in [1.82, 2.24) is 15.1 Å². The van der Waals surface area contributed by atoms with Crippen LogP contribution in [0.3, 0.4) is 0 Å². The van der Waals surface area contributed by atoms with E-state index in [4.69, 9.17) is 11.6 Å². The Hall–Kier alpha value is -2.77. The minimum absolute atomic E-state index is 0.105. The fraction of sp³-hybridized carbons (Fsp3) is 0.190. The van der Waals surface area contributed by atoms with Crippen LogP contribution in [0.4, 0.5) is 0 Å². The summed E-state index contributed by atoms with van der Waals surface area (Å²) in [6.45, 7) is 0.316. The molecule has 0 fully saturated rings. The van der Waals surface area contributed by atoms with E-state index < -0.39 is 17.1 Å². The van der Waals surface area contributed by atoms with Crippen LogP contribution in [0.5, 0.6) is 5.75 Å². The lowest BCUT2D eigenvalue weighted by Crippen LogP contribution is -2.44. The molecule has 2 N–H and O–H groups in total. The van der Waals surface area contributed by atoms with Crippen LogP contribution in [-0.2, 0) is 5.75 Å². The van der Waals surface area contributed by atoms with Gasteiger partial charge in [-0.25, -0.2) is 0 Å². The number of rotatable bonds is 1. The standard InChI is InChI=1S/C21H16ClN3O3S/c22-14-7-3-6-13-17(12-5-2-1-4-11(12)10-29-20(13)14)15-8-23-21(28)18-19(27)16(26)9-24-25(15)18/h1-7,9,15,17,27H,8,10H2,(H,23,28). The van der Waals surface area contributed by atoms with Crippen LogP contribution in [-0.4, -0.2) is 27.3 Å². The second-order valence-electron chi connectivity index (χ2n) is 7.05. The number of aromatic hydroxyl groups is 1. The molecule has 3 aromatic rings. The number of thioether (sulfide) groups is 1. The fourth-order valence-electron chi connectivity index (χ4n) is 4.17. The lowest BCUT2D eigenvalue weighted by Gasteiger charge is -2.34. The van der Waals surface area contributed by atoms with Gasteiger partial charge in [0.25, 0.3) is 5.91 Å². The summed E-state index contributed by atoms with van der Waals surface area (Å²) in [7, 11) is 0. The molecule has 0 aliphatic carbocycles. The zero-order chi connectivity index (χ0) is 20.1. The Kier molecular flexibility index (Phi) is 4.37. The Morgan fingerprint density at radius 3 is 2.79 bits per heavy atom. The average molecular weight is 426 g/mol. The van der Waals surface area contributed by atoms with Crippen LogP contribution >= 0.6 is 23.4 Å². The molecule has 3 heterocycles. The van der Waals surface area contributed by atoms with E-state index >= 15 is 0 Å². The van der Waals surface area contributed by atoms with E-state index in [1.807, 2.05) is 30.3 Å². The number of hydrogen-bond acceptors (Lipinski definition) is 5. The third-order valence-corrected chi connectivity index (χ3v) is 7.09. The Morgan fingerprint density at radius 1 is 1.14 bits per heavy atom. The lowest BCUT2D eigenvalue weighted by molar-refractivity contribution is 0.0896. The molecule has 2 aromatic carbocycles. The molecule has 1 amide bonds. The molecule has 2 aliphatic rings. The molecule has 2 aliphatic heterocycles. The number of nitrogens with one attached hydrogen (secondary N) is 1. The van der Waals surface area contributed by atoms with E-state index in [9.17, 15) is 14.7 Å². The molecule has 2 unspecified atom stereocenters. The average Bonchev–Trinajstić information content (AvgIpc) is 2.89. The van der Waals surface area contributed by atoms with Crippen molar-refractivity contribution in [2.75, 3.05) is 6.54 Å². The molecule has 2 atom stereocenters. The van der Waals surface area contributed by atoms with Crippen molar-refractivity contribution in [1.29, 1.82) is 0 Å². The number of aromatic nitrogens is 2. The number of nitrogens with zero attached hydrogens (tertiary/aromatic N) is 2. The smallest absolute Gasteiger partial charge is 0.273 e. The third kappa shape index (κ3) is 2.84. The van der Waals surface area contributed by atoms with E-state index in [-0.39, 0.29) is 17.7 Å². The molecule has 0 radical (unpaired) electrons. The summed E-state index contributed by atoms with van der Waals surface area (Å²) in [5.41, 5.74) is 2.56. The van der Waals surface area contributed by atoms with E-state index in [0.717, 1.165) is 28.0 Å². The van der Waals surface area contributed by atoms with E-state index in [1.165, 1.54) is 10.2 Å². The second kappa shape index (κ2) is 6.93. The second-order valence-corrected chi connectivity index (χ2v) is 8.44. The van der Waals surface area contributed by atoms with E-state index in [1.54, 1.807) is 11.8 Å². The van der Waals surface area contributed by atoms with Gasteiger partial charge in [0.2, 0.25) is 5.43 Å². The van der Waals surface area contributed by atoms with Gasteiger partial charge >= 0.3 is 0 Å². The first-order valence-corrected chi connectivity index (χ1v) is 10.5. The molecule has 0 spiro atoms. The first kappa shape index (κ1) is 18.3. The third-order valence-electron chi connectivity index (χ3n) is 5.47. The summed E-state index contributed by atoms with van der Waals surface area (Å²) in [5, 5.41) is 18.0. The molecule has 8 heteroatoms. The molecule has 6 nitrogen and oxygen atoms in total. The molecule has 1 aromatic heterocycles. The molecular weight excluding hydrogens is 410 g/mol. The first-order chi connectivity index (χ1) is 14.1.